The number of nitrogens with one attached hydrogen (secondary N) is 2. The van der Waals surface area contributed by atoms with Crippen LogP contribution >= 0.6 is 0 Å². The van der Waals surface area contributed by atoms with E-state index in [-0.39, 0.29) is 10.9 Å². The van der Waals surface area contributed by atoms with E-state index < -0.39 is 10.0 Å². The van der Waals surface area contributed by atoms with Gasteiger partial charge in [0, 0.05) is 18.1 Å². The minimum atomic E-state index is -3.45. The molecule has 0 saturated heterocycles. The summed E-state index contributed by atoms with van der Waals surface area (Å²) in [5.74, 6) is 0. The highest BCUT2D eigenvalue weighted by atomic mass is 32.2. The van der Waals surface area contributed by atoms with Crippen molar-refractivity contribution in [2.75, 3.05) is 12.4 Å². The molecule has 0 fully saturated rings. The highest BCUT2D eigenvalue weighted by molar-refractivity contribution is 7.89. The topological polar surface area (TPSA) is 71.1 Å². The molecule has 6 heteroatoms. The van der Waals surface area contributed by atoms with Gasteiger partial charge in [-0.15, -0.1) is 0 Å². The zero-order valence-corrected chi connectivity index (χ0v) is 13.1. The third-order valence-corrected chi connectivity index (χ3v) is 4.87. The average Bonchev–Trinajstić information content (AvgIpc) is 2.50. The van der Waals surface area contributed by atoms with E-state index in [0.29, 0.717) is 5.56 Å². The Balaban J connectivity index is 2.28. The Hall–Kier alpha value is -1.92. The van der Waals surface area contributed by atoms with Crippen molar-refractivity contribution in [2.24, 2.45) is 0 Å². The fraction of sp³-hybridized carbons (Fsp3) is 0.267. The molecule has 112 valence electrons. The van der Waals surface area contributed by atoms with E-state index in [1.165, 1.54) is 7.05 Å². The van der Waals surface area contributed by atoms with Crippen molar-refractivity contribution in [3.8, 4) is 0 Å². The number of anilines is 1. The number of hydrogen-bond acceptors (Lipinski definition) is 4. The van der Waals surface area contributed by atoms with Crippen LogP contribution in [0.5, 0.6) is 0 Å². The van der Waals surface area contributed by atoms with Gasteiger partial charge in [0.1, 0.15) is 0 Å². The Morgan fingerprint density at radius 3 is 2.62 bits per heavy atom. The van der Waals surface area contributed by atoms with E-state index in [1.54, 1.807) is 31.5 Å². The molecule has 0 spiro atoms. The predicted octanol–water partition coefficient (Wildman–Crippen LogP) is 2.47. The van der Waals surface area contributed by atoms with E-state index >= 15 is 0 Å². The molecule has 0 bridgehead atoms. The zero-order valence-electron chi connectivity index (χ0n) is 12.3. The summed E-state index contributed by atoms with van der Waals surface area (Å²) in [6.07, 6.45) is 3.51. The van der Waals surface area contributed by atoms with Gasteiger partial charge in [-0.2, -0.15) is 0 Å². The lowest BCUT2D eigenvalue weighted by molar-refractivity contribution is 0.587. The summed E-state index contributed by atoms with van der Waals surface area (Å²) in [5.41, 5.74) is 2.51. The van der Waals surface area contributed by atoms with E-state index in [4.69, 9.17) is 0 Å². The van der Waals surface area contributed by atoms with Gasteiger partial charge in [0.25, 0.3) is 0 Å². The number of benzene rings is 1. The average molecular weight is 305 g/mol. The normalized spacial score (nSPS) is 12.9. The van der Waals surface area contributed by atoms with Crippen molar-refractivity contribution in [3.05, 3.63) is 53.9 Å². The second-order valence-electron chi connectivity index (χ2n) is 4.84. The summed E-state index contributed by atoms with van der Waals surface area (Å²) in [6, 6.07) is 9.20. The maximum atomic E-state index is 12.0. The quantitative estimate of drug-likeness (QED) is 0.890. The molecule has 1 atom stereocenters. The van der Waals surface area contributed by atoms with Gasteiger partial charge in [0.2, 0.25) is 10.0 Å². The molecule has 2 N–H and O–H groups in total. The van der Waals surface area contributed by atoms with Gasteiger partial charge in [-0.25, -0.2) is 13.1 Å². The van der Waals surface area contributed by atoms with Gasteiger partial charge in [-0.3, -0.25) is 4.98 Å². The first-order valence-electron chi connectivity index (χ1n) is 6.64. The summed E-state index contributed by atoms with van der Waals surface area (Å²) in [7, 11) is -2.04. The zero-order chi connectivity index (χ0) is 15.5. The largest absolute Gasteiger partial charge is 0.378 e. The van der Waals surface area contributed by atoms with Gasteiger partial charge in [-0.05, 0) is 50.2 Å². The molecule has 0 radical (unpaired) electrons. The number of nitrogens with zero attached hydrogens (tertiary/aromatic N) is 1. The van der Waals surface area contributed by atoms with Crippen molar-refractivity contribution < 1.29 is 8.42 Å². The molecule has 1 unspecified atom stereocenters. The Bertz CT molecular complexity index is 715. The van der Waals surface area contributed by atoms with Crippen LogP contribution in [0.1, 0.15) is 24.1 Å². The molecule has 0 saturated carbocycles. The molecular formula is C15H19N3O2S. The number of sulfonamides is 1. The second-order valence-corrected chi connectivity index (χ2v) is 6.70. The Morgan fingerprint density at radius 2 is 2.00 bits per heavy atom. The Kier molecular flexibility index (Phi) is 4.59. The summed E-state index contributed by atoms with van der Waals surface area (Å²) < 4.78 is 26.3. The van der Waals surface area contributed by atoms with Gasteiger partial charge >= 0.3 is 0 Å². The Morgan fingerprint density at radius 1 is 1.24 bits per heavy atom. The van der Waals surface area contributed by atoms with Gasteiger partial charge in [0.15, 0.2) is 0 Å². The van der Waals surface area contributed by atoms with Crippen LogP contribution in [-0.2, 0) is 10.0 Å². The van der Waals surface area contributed by atoms with Crippen LogP contribution in [0, 0.1) is 6.92 Å². The molecule has 5 nitrogen and oxygen atoms in total. The molecular weight excluding hydrogens is 286 g/mol. The second kappa shape index (κ2) is 6.24. The molecule has 21 heavy (non-hydrogen) atoms. The van der Waals surface area contributed by atoms with Crippen LogP contribution in [-0.4, -0.2) is 20.4 Å². The monoisotopic (exact) mass is 305 g/mol. The first kappa shape index (κ1) is 15.5. The summed E-state index contributed by atoms with van der Waals surface area (Å²) in [6.45, 7) is 3.78. The molecule has 1 aromatic carbocycles. The smallest absolute Gasteiger partial charge is 0.240 e. The molecule has 1 heterocycles. The molecule has 2 aromatic rings. The van der Waals surface area contributed by atoms with Crippen molar-refractivity contribution >= 4 is 15.7 Å². The van der Waals surface area contributed by atoms with E-state index in [9.17, 15) is 8.42 Å². The van der Waals surface area contributed by atoms with E-state index in [1.807, 2.05) is 25.1 Å². The number of rotatable bonds is 5. The number of aromatic nitrogens is 1. The summed E-state index contributed by atoms with van der Waals surface area (Å²) in [4.78, 5) is 4.37. The number of pyridine rings is 1. The van der Waals surface area contributed by atoms with Crippen LogP contribution in [0.3, 0.4) is 0 Å². The molecule has 0 aliphatic rings. The molecule has 2 rings (SSSR count). The standard InChI is InChI=1S/C15H19N3O2S/c1-11-6-7-14(9-15(11)21(19,20)16-3)18-12(2)13-5-4-8-17-10-13/h4-10,12,16,18H,1-3H3. The lowest BCUT2D eigenvalue weighted by atomic mass is 10.1. The van der Waals surface area contributed by atoms with Crippen LogP contribution in [0.25, 0.3) is 0 Å². The fourth-order valence-corrected chi connectivity index (χ4v) is 3.05. The lowest BCUT2D eigenvalue weighted by Gasteiger charge is -2.17. The first-order chi connectivity index (χ1) is 9.94. The highest BCUT2D eigenvalue weighted by Gasteiger charge is 2.15. The van der Waals surface area contributed by atoms with Crippen molar-refractivity contribution in [1.82, 2.24) is 9.71 Å². The van der Waals surface area contributed by atoms with Crippen molar-refractivity contribution in [2.45, 2.75) is 24.8 Å². The summed E-state index contributed by atoms with van der Waals surface area (Å²) in [5, 5.41) is 3.29. The highest BCUT2D eigenvalue weighted by Crippen LogP contribution is 2.23. The van der Waals surface area contributed by atoms with Crippen LogP contribution in [0.2, 0.25) is 0 Å². The number of hydrogen-bond donors (Lipinski definition) is 2. The van der Waals surface area contributed by atoms with Gasteiger partial charge in [-0.1, -0.05) is 12.1 Å². The molecule has 1 aromatic heterocycles. The van der Waals surface area contributed by atoms with E-state index in [0.717, 1.165) is 11.3 Å². The SMILES string of the molecule is CNS(=O)(=O)c1cc(NC(C)c2cccnc2)ccc1C. The maximum absolute atomic E-state index is 12.0. The molecule has 0 amide bonds. The van der Waals surface area contributed by atoms with Gasteiger partial charge < -0.3 is 5.32 Å². The van der Waals surface area contributed by atoms with E-state index in [2.05, 4.69) is 15.0 Å². The molecule has 0 aliphatic heterocycles. The van der Waals surface area contributed by atoms with Gasteiger partial charge in [0.05, 0.1) is 10.9 Å². The third kappa shape index (κ3) is 3.59. The molecule has 0 aliphatic carbocycles. The van der Waals surface area contributed by atoms with Crippen LogP contribution in [0.4, 0.5) is 5.69 Å². The van der Waals surface area contributed by atoms with Crippen LogP contribution in [0.15, 0.2) is 47.6 Å². The lowest BCUT2D eigenvalue weighted by Crippen LogP contribution is -2.20. The minimum Gasteiger partial charge on any atom is -0.378 e. The predicted molar refractivity (Wildman–Crippen MR) is 83.7 cm³/mol. The minimum absolute atomic E-state index is 0.0338. The Labute approximate surface area is 125 Å². The maximum Gasteiger partial charge on any atom is 0.240 e. The number of aryl methyl sites for hydroxylation is 1. The van der Waals surface area contributed by atoms with Crippen molar-refractivity contribution in [3.63, 3.8) is 0 Å². The first-order valence-corrected chi connectivity index (χ1v) is 8.13. The van der Waals surface area contributed by atoms with Crippen LogP contribution < -0.4 is 10.0 Å². The third-order valence-electron chi connectivity index (χ3n) is 3.31. The van der Waals surface area contributed by atoms with Crippen molar-refractivity contribution in [1.29, 1.82) is 0 Å². The fourth-order valence-electron chi connectivity index (χ4n) is 2.05. The summed E-state index contributed by atoms with van der Waals surface area (Å²) >= 11 is 0.